The van der Waals surface area contributed by atoms with Crippen LogP contribution >= 0.6 is 0 Å². The second kappa shape index (κ2) is 4.73. The molecule has 0 aliphatic carbocycles. The van der Waals surface area contributed by atoms with Gasteiger partial charge in [-0.25, -0.2) is 0 Å². The molecule has 0 saturated heterocycles. The predicted molar refractivity (Wildman–Crippen MR) is 38.4 cm³/mol. The van der Waals surface area contributed by atoms with Gasteiger partial charge in [0.25, 0.3) is 5.97 Å². The molecule has 0 fully saturated rings. The van der Waals surface area contributed by atoms with Gasteiger partial charge in [0.05, 0.1) is 0 Å². The lowest BCUT2D eigenvalue weighted by molar-refractivity contribution is -0.166. The maximum Gasteiger partial charge on any atom is 0.467 e. The van der Waals surface area contributed by atoms with E-state index >= 15 is 0 Å². The van der Waals surface area contributed by atoms with Gasteiger partial charge in [-0.05, 0) is 0 Å². The predicted octanol–water partition coefficient (Wildman–Crippen LogP) is -0.774. The van der Waals surface area contributed by atoms with E-state index < -0.39 is 11.9 Å². The molecule has 6 heteroatoms. The number of nitrogens with zero attached hydrogens (tertiary/aromatic N) is 1. The standard InChI is InChI=1S/C5H10BNO4/c1-4(8)10-6-7(3)11-5(2)9/h6H,1-3H3. The van der Waals surface area contributed by atoms with E-state index in [1.165, 1.54) is 20.9 Å². The Morgan fingerprint density at radius 1 is 1.27 bits per heavy atom. The first kappa shape index (κ1) is 9.96. The first-order valence-electron chi connectivity index (χ1n) is 3.05. The molecule has 0 aliphatic rings. The van der Waals surface area contributed by atoms with Crippen molar-refractivity contribution in [2.24, 2.45) is 0 Å². The van der Waals surface area contributed by atoms with Crippen LogP contribution < -0.4 is 0 Å². The Labute approximate surface area is 65.5 Å². The van der Waals surface area contributed by atoms with E-state index in [1.807, 2.05) is 0 Å². The van der Waals surface area contributed by atoms with Gasteiger partial charge in [0.1, 0.15) is 0 Å². The fourth-order valence-electron chi connectivity index (χ4n) is 0.428. The largest absolute Gasteiger partial charge is 0.521 e. The van der Waals surface area contributed by atoms with Gasteiger partial charge in [-0.1, -0.05) is 0 Å². The van der Waals surface area contributed by atoms with Crippen LogP contribution in [0.4, 0.5) is 0 Å². The minimum absolute atomic E-state index is 0.0467. The lowest BCUT2D eigenvalue weighted by Gasteiger charge is -2.11. The molecule has 5 nitrogen and oxygen atoms in total. The van der Waals surface area contributed by atoms with Gasteiger partial charge in [0.15, 0.2) is 0 Å². The van der Waals surface area contributed by atoms with Crippen LogP contribution in [0.15, 0.2) is 0 Å². The summed E-state index contributed by atoms with van der Waals surface area (Å²) >= 11 is 0. The van der Waals surface area contributed by atoms with Crippen LogP contribution in [0.25, 0.3) is 0 Å². The third-order valence-corrected chi connectivity index (χ3v) is 0.734. The molecule has 0 N–H and O–H groups in total. The average Bonchev–Trinajstić information content (AvgIpc) is 1.82. The monoisotopic (exact) mass is 159 g/mol. The Hall–Kier alpha value is -1.04. The molecule has 0 atom stereocenters. The molecule has 0 aromatic carbocycles. The Morgan fingerprint density at radius 3 is 2.18 bits per heavy atom. The van der Waals surface area contributed by atoms with Crippen LogP contribution in [0, 0.1) is 0 Å². The van der Waals surface area contributed by atoms with Crippen LogP contribution in [-0.2, 0) is 19.1 Å². The third kappa shape index (κ3) is 6.86. The van der Waals surface area contributed by atoms with E-state index in [1.54, 1.807) is 0 Å². The zero-order valence-electron chi connectivity index (χ0n) is 6.79. The molecule has 0 aliphatic heterocycles. The van der Waals surface area contributed by atoms with Gasteiger partial charge < -0.3 is 9.49 Å². The van der Waals surface area contributed by atoms with Gasteiger partial charge in [-0.2, -0.15) is 0 Å². The summed E-state index contributed by atoms with van der Waals surface area (Å²) in [6.45, 7) is 2.55. The van der Waals surface area contributed by atoms with Crippen molar-refractivity contribution in [2.45, 2.75) is 13.8 Å². The maximum absolute atomic E-state index is 10.3. The molecule has 11 heavy (non-hydrogen) atoms. The Morgan fingerprint density at radius 2 is 1.82 bits per heavy atom. The molecule has 0 aromatic heterocycles. The van der Waals surface area contributed by atoms with Crippen molar-refractivity contribution in [3.63, 3.8) is 0 Å². The number of carbonyl (C=O) groups excluding carboxylic acids is 2. The normalized spacial score (nSPS) is 9.09. The molecule has 0 saturated carbocycles. The second-order valence-corrected chi connectivity index (χ2v) is 1.98. The first-order valence-corrected chi connectivity index (χ1v) is 3.05. The third-order valence-electron chi connectivity index (χ3n) is 0.734. The fraction of sp³-hybridized carbons (Fsp3) is 0.600. The topological polar surface area (TPSA) is 55.8 Å². The molecule has 0 unspecified atom stereocenters. The van der Waals surface area contributed by atoms with E-state index in [4.69, 9.17) is 0 Å². The highest BCUT2D eigenvalue weighted by Crippen LogP contribution is 1.84. The molecular formula is C5H10BNO4. The molecule has 0 aromatic rings. The molecular weight excluding hydrogens is 149 g/mol. The van der Waals surface area contributed by atoms with E-state index in [0.717, 1.165) is 4.97 Å². The lowest BCUT2D eigenvalue weighted by atomic mass is 10.3. The summed E-state index contributed by atoms with van der Waals surface area (Å²) in [5, 5.41) is 0. The van der Waals surface area contributed by atoms with Gasteiger partial charge in [0.2, 0.25) is 0 Å². The number of carbonyl (C=O) groups is 2. The zero-order valence-corrected chi connectivity index (χ0v) is 6.79. The summed E-state index contributed by atoms with van der Waals surface area (Å²) < 4.78 is 4.51. The summed E-state index contributed by atoms with van der Waals surface area (Å²) in [5.41, 5.74) is 0. The highest BCUT2D eigenvalue weighted by molar-refractivity contribution is 6.26. The quantitative estimate of drug-likeness (QED) is 0.399. The average molecular weight is 159 g/mol. The van der Waals surface area contributed by atoms with Gasteiger partial charge in [0, 0.05) is 20.9 Å². The number of hydroxylamine groups is 1. The number of rotatable bonds is 3. The number of hydrogen-bond donors (Lipinski definition) is 0. The summed E-state index contributed by atoms with van der Waals surface area (Å²) in [6.07, 6.45) is 0. The molecule has 0 amide bonds. The van der Waals surface area contributed by atoms with Gasteiger partial charge in [-0.15, -0.1) is 4.97 Å². The highest BCUT2D eigenvalue weighted by atomic mass is 16.7. The Kier molecular flexibility index (Phi) is 4.29. The van der Waals surface area contributed by atoms with E-state index in [-0.39, 0.29) is 7.62 Å². The summed E-state index contributed by atoms with van der Waals surface area (Å²) in [7, 11) is 1.44. The number of hydrogen-bond acceptors (Lipinski definition) is 5. The first-order chi connectivity index (χ1) is 5.02. The Balaban J connectivity index is 3.44. The highest BCUT2D eigenvalue weighted by Gasteiger charge is 2.06. The molecule has 0 radical (unpaired) electrons. The van der Waals surface area contributed by atoms with Crippen LogP contribution in [-0.4, -0.2) is 31.6 Å². The summed E-state index contributed by atoms with van der Waals surface area (Å²) in [6, 6.07) is 0. The fourth-order valence-corrected chi connectivity index (χ4v) is 0.428. The molecule has 0 bridgehead atoms. The SMILES string of the molecule is CC(=O)OBN(C)OC(C)=O. The summed E-state index contributed by atoms with van der Waals surface area (Å²) in [4.78, 5) is 26.2. The van der Waals surface area contributed by atoms with E-state index in [2.05, 4.69) is 9.49 Å². The van der Waals surface area contributed by atoms with E-state index in [9.17, 15) is 9.59 Å². The lowest BCUT2D eigenvalue weighted by Crippen LogP contribution is -2.28. The van der Waals surface area contributed by atoms with Crippen molar-refractivity contribution in [3.05, 3.63) is 0 Å². The van der Waals surface area contributed by atoms with Crippen LogP contribution in [0.3, 0.4) is 0 Å². The molecule has 0 spiro atoms. The molecule has 0 rings (SSSR count). The minimum atomic E-state index is -0.445. The van der Waals surface area contributed by atoms with Crippen molar-refractivity contribution < 1.29 is 19.1 Å². The molecule has 0 heterocycles. The van der Waals surface area contributed by atoms with Crippen LogP contribution in [0.2, 0.25) is 0 Å². The zero-order chi connectivity index (χ0) is 8.85. The summed E-state index contributed by atoms with van der Waals surface area (Å²) in [5.74, 6) is -0.858. The van der Waals surface area contributed by atoms with Crippen molar-refractivity contribution in [3.8, 4) is 0 Å². The van der Waals surface area contributed by atoms with Crippen LogP contribution in [0.1, 0.15) is 13.8 Å². The molecule has 62 valence electrons. The van der Waals surface area contributed by atoms with Crippen molar-refractivity contribution in [1.29, 1.82) is 0 Å². The van der Waals surface area contributed by atoms with Crippen molar-refractivity contribution in [1.82, 2.24) is 4.97 Å². The van der Waals surface area contributed by atoms with Crippen molar-refractivity contribution in [2.75, 3.05) is 7.05 Å². The minimum Gasteiger partial charge on any atom is -0.521 e. The Bertz CT molecular complexity index is 161. The smallest absolute Gasteiger partial charge is 0.467 e. The second-order valence-electron chi connectivity index (χ2n) is 1.98. The van der Waals surface area contributed by atoms with Crippen molar-refractivity contribution >= 4 is 19.6 Å². The maximum atomic E-state index is 10.3. The van der Waals surface area contributed by atoms with E-state index in [0.29, 0.717) is 0 Å². The van der Waals surface area contributed by atoms with Gasteiger partial charge in [-0.3, -0.25) is 9.59 Å². The van der Waals surface area contributed by atoms with Gasteiger partial charge >= 0.3 is 13.6 Å². The van der Waals surface area contributed by atoms with Crippen LogP contribution in [0.5, 0.6) is 0 Å².